The van der Waals surface area contributed by atoms with Crippen molar-refractivity contribution in [2.45, 2.75) is 19.0 Å². The molecule has 0 aliphatic rings. The normalized spacial score (nSPS) is 12.1. The molecule has 0 unspecified atom stereocenters. The molecule has 23 heavy (non-hydrogen) atoms. The number of aromatic amines is 1. The predicted molar refractivity (Wildman–Crippen MR) is 97.5 cm³/mol. The largest absolute Gasteiger partial charge is 0.390 e. The zero-order valence-corrected chi connectivity index (χ0v) is 15.0. The lowest BCUT2D eigenvalue weighted by atomic mass is 10.2. The SMILES string of the molecule is CN=C(NCCc1cc2ccccc2[nH]1)NCCC(F)(F)F.I. The van der Waals surface area contributed by atoms with Crippen LogP contribution in [0.4, 0.5) is 13.2 Å². The predicted octanol–water partition coefficient (Wildman–Crippen LogP) is 3.45. The first-order valence-electron chi connectivity index (χ1n) is 7.06. The Hall–Kier alpha value is -1.45. The molecule has 0 fully saturated rings. The molecular weight excluding hydrogens is 420 g/mol. The van der Waals surface area contributed by atoms with Gasteiger partial charge in [-0.1, -0.05) is 18.2 Å². The average molecular weight is 440 g/mol. The Bertz CT molecular complexity index is 604. The third-order valence-corrected chi connectivity index (χ3v) is 3.20. The van der Waals surface area contributed by atoms with Crippen molar-refractivity contribution in [2.24, 2.45) is 4.99 Å². The van der Waals surface area contributed by atoms with Crippen molar-refractivity contribution in [3.8, 4) is 0 Å². The molecule has 0 saturated carbocycles. The van der Waals surface area contributed by atoms with Gasteiger partial charge in [0.25, 0.3) is 0 Å². The van der Waals surface area contributed by atoms with E-state index in [1.807, 2.05) is 24.3 Å². The van der Waals surface area contributed by atoms with Crippen LogP contribution in [0.25, 0.3) is 10.9 Å². The van der Waals surface area contributed by atoms with Gasteiger partial charge in [0.15, 0.2) is 5.96 Å². The fourth-order valence-electron chi connectivity index (χ4n) is 2.13. The molecule has 1 heterocycles. The molecule has 0 bridgehead atoms. The molecule has 0 saturated heterocycles. The number of benzene rings is 1. The van der Waals surface area contributed by atoms with Gasteiger partial charge in [-0.25, -0.2) is 0 Å². The quantitative estimate of drug-likeness (QED) is 0.379. The van der Waals surface area contributed by atoms with Crippen LogP contribution < -0.4 is 10.6 Å². The van der Waals surface area contributed by atoms with Crippen molar-refractivity contribution >= 4 is 40.8 Å². The number of fused-ring (bicyclic) bond motifs is 1. The summed E-state index contributed by atoms with van der Waals surface area (Å²) in [5, 5.41) is 6.79. The van der Waals surface area contributed by atoms with Gasteiger partial charge in [-0.2, -0.15) is 13.2 Å². The first-order valence-corrected chi connectivity index (χ1v) is 7.06. The van der Waals surface area contributed by atoms with E-state index in [2.05, 4.69) is 26.7 Å². The molecule has 0 atom stereocenters. The number of guanidine groups is 1. The number of halogens is 4. The summed E-state index contributed by atoms with van der Waals surface area (Å²) in [6, 6.07) is 10.0. The van der Waals surface area contributed by atoms with E-state index in [4.69, 9.17) is 0 Å². The molecule has 0 amide bonds. The Morgan fingerprint density at radius 1 is 1.17 bits per heavy atom. The summed E-state index contributed by atoms with van der Waals surface area (Å²) in [4.78, 5) is 7.20. The summed E-state index contributed by atoms with van der Waals surface area (Å²) in [7, 11) is 1.53. The second kappa shape index (κ2) is 8.99. The highest BCUT2D eigenvalue weighted by Gasteiger charge is 2.26. The minimum absolute atomic E-state index is 0. The number of H-pyrrole nitrogens is 1. The van der Waals surface area contributed by atoms with Gasteiger partial charge in [0.1, 0.15) is 0 Å². The highest BCUT2D eigenvalue weighted by Crippen LogP contribution is 2.18. The number of aliphatic imine (C=N–C) groups is 1. The van der Waals surface area contributed by atoms with E-state index in [1.54, 1.807) is 0 Å². The van der Waals surface area contributed by atoms with E-state index in [0.29, 0.717) is 12.5 Å². The Kier molecular flexibility index (Phi) is 7.66. The standard InChI is InChI=1S/C15H19F3N4.HI/c1-19-14(21-9-7-15(16,17)18)20-8-6-12-10-11-4-2-3-5-13(11)22-12;/h2-5,10,22H,6-9H2,1H3,(H2,19,20,21);1H. The third kappa shape index (κ3) is 6.67. The van der Waals surface area contributed by atoms with Gasteiger partial charge in [-0.05, 0) is 17.5 Å². The topological polar surface area (TPSA) is 52.2 Å². The molecule has 128 valence electrons. The Labute approximate surface area is 150 Å². The molecule has 4 nitrogen and oxygen atoms in total. The van der Waals surface area contributed by atoms with Crippen LogP contribution in [0, 0.1) is 0 Å². The Morgan fingerprint density at radius 3 is 2.52 bits per heavy atom. The highest BCUT2D eigenvalue weighted by atomic mass is 127. The molecule has 3 N–H and O–H groups in total. The number of alkyl halides is 3. The Morgan fingerprint density at radius 2 is 1.87 bits per heavy atom. The van der Waals surface area contributed by atoms with Crippen molar-refractivity contribution in [3.63, 3.8) is 0 Å². The number of nitrogens with one attached hydrogen (secondary N) is 3. The number of para-hydroxylation sites is 1. The van der Waals surface area contributed by atoms with Crippen LogP contribution in [0.2, 0.25) is 0 Å². The molecule has 1 aromatic carbocycles. The van der Waals surface area contributed by atoms with Crippen molar-refractivity contribution in [1.29, 1.82) is 0 Å². The van der Waals surface area contributed by atoms with E-state index in [-0.39, 0.29) is 30.5 Å². The van der Waals surface area contributed by atoms with Gasteiger partial charge in [-0.15, -0.1) is 24.0 Å². The van der Waals surface area contributed by atoms with Crippen LogP contribution >= 0.6 is 24.0 Å². The minimum atomic E-state index is -4.16. The molecule has 2 rings (SSSR count). The van der Waals surface area contributed by atoms with Crippen LogP contribution in [-0.2, 0) is 6.42 Å². The number of rotatable bonds is 5. The molecule has 8 heteroatoms. The summed E-state index contributed by atoms with van der Waals surface area (Å²) in [6.45, 7) is 0.397. The number of nitrogens with zero attached hydrogens (tertiary/aromatic N) is 1. The minimum Gasteiger partial charge on any atom is -0.358 e. The zero-order chi connectivity index (χ0) is 16.0. The molecular formula is C15H20F3IN4. The highest BCUT2D eigenvalue weighted by molar-refractivity contribution is 14.0. The van der Waals surface area contributed by atoms with E-state index >= 15 is 0 Å². The summed E-state index contributed by atoms with van der Waals surface area (Å²) in [6.07, 6.45) is -4.30. The molecule has 2 aromatic rings. The van der Waals surface area contributed by atoms with Crippen LogP contribution in [0.3, 0.4) is 0 Å². The lowest BCUT2D eigenvalue weighted by molar-refractivity contribution is -0.132. The van der Waals surface area contributed by atoms with Gasteiger partial charge < -0.3 is 15.6 Å². The summed E-state index contributed by atoms with van der Waals surface area (Å²) in [5.74, 6) is 0.375. The van der Waals surface area contributed by atoms with Crippen molar-refractivity contribution in [3.05, 3.63) is 36.0 Å². The van der Waals surface area contributed by atoms with Crippen LogP contribution in [0.15, 0.2) is 35.3 Å². The summed E-state index contributed by atoms with van der Waals surface area (Å²) >= 11 is 0. The van der Waals surface area contributed by atoms with Crippen molar-refractivity contribution < 1.29 is 13.2 Å². The maximum absolute atomic E-state index is 12.1. The van der Waals surface area contributed by atoms with Crippen LogP contribution in [0.1, 0.15) is 12.1 Å². The van der Waals surface area contributed by atoms with Crippen molar-refractivity contribution in [2.75, 3.05) is 20.1 Å². The van der Waals surface area contributed by atoms with E-state index in [0.717, 1.165) is 23.0 Å². The summed E-state index contributed by atoms with van der Waals surface area (Å²) in [5.41, 5.74) is 2.14. The van der Waals surface area contributed by atoms with Gasteiger partial charge in [0.2, 0.25) is 0 Å². The van der Waals surface area contributed by atoms with Crippen LogP contribution in [-0.4, -0.2) is 37.3 Å². The first-order chi connectivity index (χ1) is 10.5. The average Bonchev–Trinajstić information content (AvgIpc) is 2.87. The van der Waals surface area contributed by atoms with Crippen LogP contribution in [0.5, 0.6) is 0 Å². The fourth-order valence-corrected chi connectivity index (χ4v) is 2.13. The van der Waals surface area contributed by atoms with Gasteiger partial charge >= 0.3 is 6.18 Å². The fraction of sp³-hybridized carbons (Fsp3) is 0.400. The number of aromatic nitrogens is 1. The maximum Gasteiger partial charge on any atom is 0.390 e. The van der Waals surface area contributed by atoms with Crippen molar-refractivity contribution in [1.82, 2.24) is 15.6 Å². The molecule has 0 radical (unpaired) electrons. The first kappa shape index (κ1) is 19.6. The maximum atomic E-state index is 12.1. The molecule has 0 spiro atoms. The Balaban J connectivity index is 0.00000264. The number of hydrogen-bond acceptors (Lipinski definition) is 1. The third-order valence-electron chi connectivity index (χ3n) is 3.20. The van der Waals surface area contributed by atoms with Gasteiger partial charge in [-0.3, -0.25) is 4.99 Å². The molecule has 0 aliphatic heterocycles. The molecule has 0 aliphatic carbocycles. The van der Waals surface area contributed by atoms with Gasteiger partial charge in [0.05, 0.1) is 6.42 Å². The van der Waals surface area contributed by atoms with Gasteiger partial charge in [0, 0.05) is 37.8 Å². The number of hydrogen-bond donors (Lipinski definition) is 3. The second-order valence-electron chi connectivity index (χ2n) is 4.92. The van der Waals surface area contributed by atoms with E-state index in [1.165, 1.54) is 7.05 Å². The lowest BCUT2D eigenvalue weighted by Crippen LogP contribution is -2.39. The second-order valence-corrected chi connectivity index (χ2v) is 4.92. The zero-order valence-electron chi connectivity index (χ0n) is 12.7. The van der Waals surface area contributed by atoms with E-state index in [9.17, 15) is 13.2 Å². The monoisotopic (exact) mass is 440 g/mol. The molecule has 1 aromatic heterocycles. The summed E-state index contributed by atoms with van der Waals surface area (Å²) < 4.78 is 36.2. The lowest BCUT2D eigenvalue weighted by Gasteiger charge is -2.12. The van der Waals surface area contributed by atoms with E-state index < -0.39 is 12.6 Å². The smallest absolute Gasteiger partial charge is 0.358 e.